The number of nitriles is 1. The minimum Gasteiger partial charge on any atom is -0.381 e. The van der Waals surface area contributed by atoms with Crippen molar-refractivity contribution in [2.75, 3.05) is 26.8 Å². The lowest BCUT2D eigenvalue weighted by Crippen LogP contribution is -2.38. The van der Waals surface area contributed by atoms with E-state index in [0.717, 1.165) is 12.8 Å². The van der Waals surface area contributed by atoms with Crippen LogP contribution in [0.1, 0.15) is 19.8 Å². The third kappa shape index (κ3) is 3.17. The molecule has 0 aliphatic carbocycles. The Morgan fingerprint density at radius 1 is 1.50 bits per heavy atom. The van der Waals surface area contributed by atoms with Gasteiger partial charge in [0.25, 0.3) is 0 Å². The average Bonchev–Trinajstić information content (AvgIpc) is 2.29. The quantitative estimate of drug-likeness (QED) is 0.727. The van der Waals surface area contributed by atoms with Crippen molar-refractivity contribution < 1.29 is 13.2 Å². The van der Waals surface area contributed by atoms with Crippen LogP contribution in [0.4, 0.5) is 0 Å². The fraction of sp³-hybridized carbons (Fsp3) is 0.900. The molecule has 0 aromatic rings. The van der Waals surface area contributed by atoms with Gasteiger partial charge in [0.2, 0.25) is 10.0 Å². The summed E-state index contributed by atoms with van der Waals surface area (Å²) in [5.41, 5.74) is 0. The Kier molecular flexibility index (Phi) is 4.71. The summed E-state index contributed by atoms with van der Waals surface area (Å²) < 4.78 is 30.1. The van der Waals surface area contributed by atoms with Crippen molar-refractivity contribution in [1.82, 2.24) is 4.31 Å². The van der Waals surface area contributed by atoms with Crippen LogP contribution in [0.2, 0.25) is 0 Å². The Balaban J connectivity index is 2.57. The van der Waals surface area contributed by atoms with Crippen LogP contribution < -0.4 is 0 Å². The second-order valence-electron chi connectivity index (χ2n) is 4.15. The SMILES string of the molecule is CC(C#N)S(=O)(=O)N(C)CC1CCOCC1. The summed E-state index contributed by atoms with van der Waals surface area (Å²) >= 11 is 0. The van der Waals surface area contributed by atoms with Gasteiger partial charge in [0, 0.05) is 26.8 Å². The van der Waals surface area contributed by atoms with Crippen molar-refractivity contribution in [3.8, 4) is 6.07 Å². The maximum Gasteiger partial charge on any atom is 0.229 e. The first-order valence-electron chi connectivity index (χ1n) is 5.41. The van der Waals surface area contributed by atoms with Crippen molar-refractivity contribution in [2.45, 2.75) is 25.0 Å². The second kappa shape index (κ2) is 5.62. The van der Waals surface area contributed by atoms with E-state index < -0.39 is 15.3 Å². The Hall–Kier alpha value is -0.640. The first kappa shape index (κ1) is 13.4. The number of hydrogen-bond acceptors (Lipinski definition) is 4. The number of sulfonamides is 1. The van der Waals surface area contributed by atoms with E-state index in [-0.39, 0.29) is 0 Å². The molecule has 6 heteroatoms. The summed E-state index contributed by atoms with van der Waals surface area (Å²) in [6.45, 7) is 3.30. The van der Waals surface area contributed by atoms with Gasteiger partial charge in [-0.3, -0.25) is 0 Å². The van der Waals surface area contributed by atoms with Crippen LogP contribution in [0.25, 0.3) is 0 Å². The third-order valence-corrected chi connectivity index (χ3v) is 4.94. The summed E-state index contributed by atoms with van der Waals surface area (Å²) in [7, 11) is -1.92. The number of ether oxygens (including phenoxy) is 1. The van der Waals surface area contributed by atoms with Crippen LogP contribution in [-0.2, 0) is 14.8 Å². The van der Waals surface area contributed by atoms with E-state index >= 15 is 0 Å². The van der Waals surface area contributed by atoms with Gasteiger partial charge in [-0.2, -0.15) is 5.26 Å². The van der Waals surface area contributed by atoms with Gasteiger partial charge < -0.3 is 4.74 Å². The van der Waals surface area contributed by atoms with Crippen LogP contribution in [0, 0.1) is 17.2 Å². The monoisotopic (exact) mass is 246 g/mol. The Bertz CT molecular complexity index is 355. The minimum absolute atomic E-state index is 0.347. The highest BCUT2D eigenvalue weighted by Crippen LogP contribution is 2.18. The molecule has 1 fully saturated rings. The first-order chi connectivity index (χ1) is 7.48. The van der Waals surface area contributed by atoms with E-state index in [1.54, 1.807) is 13.1 Å². The smallest absolute Gasteiger partial charge is 0.229 e. The van der Waals surface area contributed by atoms with E-state index in [4.69, 9.17) is 10.00 Å². The van der Waals surface area contributed by atoms with Crippen LogP contribution in [-0.4, -0.2) is 44.8 Å². The van der Waals surface area contributed by atoms with Crippen molar-refractivity contribution in [1.29, 1.82) is 5.26 Å². The van der Waals surface area contributed by atoms with E-state index in [1.165, 1.54) is 11.2 Å². The van der Waals surface area contributed by atoms with Gasteiger partial charge in [-0.15, -0.1) is 0 Å². The molecular formula is C10H18N2O3S. The Labute approximate surface area is 97.0 Å². The molecule has 1 aliphatic heterocycles. The Morgan fingerprint density at radius 3 is 2.56 bits per heavy atom. The number of nitrogens with zero attached hydrogens (tertiary/aromatic N) is 2. The zero-order chi connectivity index (χ0) is 12.2. The van der Waals surface area contributed by atoms with Crippen LogP contribution in [0.3, 0.4) is 0 Å². The van der Waals surface area contributed by atoms with Gasteiger partial charge in [-0.1, -0.05) is 0 Å². The molecule has 16 heavy (non-hydrogen) atoms. The topological polar surface area (TPSA) is 70.4 Å². The lowest BCUT2D eigenvalue weighted by Gasteiger charge is -2.27. The van der Waals surface area contributed by atoms with Gasteiger partial charge in [-0.25, -0.2) is 12.7 Å². The van der Waals surface area contributed by atoms with Crippen LogP contribution in [0.15, 0.2) is 0 Å². The molecule has 1 rings (SSSR count). The van der Waals surface area contributed by atoms with Crippen LogP contribution >= 0.6 is 0 Å². The van der Waals surface area contributed by atoms with Crippen molar-refractivity contribution in [3.05, 3.63) is 0 Å². The van der Waals surface area contributed by atoms with Gasteiger partial charge in [0.05, 0.1) is 6.07 Å². The predicted molar refractivity (Wildman–Crippen MR) is 60.2 cm³/mol. The molecule has 0 spiro atoms. The lowest BCUT2D eigenvalue weighted by atomic mass is 10.0. The van der Waals surface area contributed by atoms with Crippen molar-refractivity contribution in [3.63, 3.8) is 0 Å². The molecule has 1 aliphatic rings. The van der Waals surface area contributed by atoms with Crippen molar-refractivity contribution >= 4 is 10.0 Å². The minimum atomic E-state index is -3.46. The molecular weight excluding hydrogens is 228 g/mol. The number of rotatable bonds is 4. The standard InChI is InChI=1S/C10H18N2O3S/c1-9(7-11)16(13,14)12(2)8-10-3-5-15-6-4-10/h9-10H,3-6,8H2,1-2H3. The highest BCUT2D eigenvalue weighted by molar-refractivity contribution is 7.89. The molecule has 1 heterocycles. The molecule has 1 saturated heterocycles. The molecule has 0 saturated carbocycles. The summed E-state index contributed by atoms with van der Waals surface area (Å²) in [5.74, 6) is 0.347. The molecule has 1 atom stereocenters. The molecule has 0 N–H and O–H groups in total. The highest BCUT2D eigenvalue weighted by atomic mass is 32.2. The lowest BCUT2D eigenvalue weighted by molar-refractivity contribution is 0.0620. The van der Waals surface area contributed by atoms with Crippen molar-refractivity contribution in [2.24, 2.45) is 5.92 Å². The van der Waals surface area contributed by atoms with Gasteiger partial charge in [0.1, 0.15) is 0 Å². The molecule has 92 valence electrons. The van der Waals surface area contributed by atoms with Gasteiger partial charge in [0.15, 0.2) is 5.25 Å². The van der Waals surface area contributed by atoms with E-state index in [0.29, 0.717) is 25.7 Å². The Morgan fingerprint density at radius 2 is 2.06 bits per heavy atom. The normalized spacial score (nSPS) is 20.6. The predicted octanol–water partition coefficient (Wildman–Crippen LogP) is 0.587. The molecule has 5 nitrogen and oxygen atoms in total. The maximum atomic E-state index is 11.8. The highest BCUT2D eigenvalue weighted by Gasteiger charge is 2.28. The molecule has 0 amide bonds. The van der Waals surface area contributed by atoms with E-state index in [9.17, 15) is 8.42 Å². The largest absolute Gasteiger partial charge is 0.381 e. The first-order valence-corrected chi connectivity index (χ1v) is 6.91. The maximum absolute atomic E-state index is 11.8. The molecule has 0 aromatic carbocycles. The zero-order valence-corrected chi connectivity index (χ0v) is 10.5. The van der Waals surface area contributed by atoms with Crippen LogP contribution in [0.5, 0.6) is 0 Å². The summed E-state index contributed by atoms with van der Waals surface area (Å²) in [5, 5.41) is 7.67. The fourth-order valence-corrected chi connectivity index (χ4v) is 2.82. The van der Waals surface area contributed by atoms with E-state index in [2.05, 4.69) is 0 Å². The summed E-state index contributed by atoms with van der Waals surface area (Å²) in [6, 6.07) is 1.77. The zero-order valence-electron chi connectivity index (χ0n) is 9.72. The molecule has 0 bridgehead atoms. The summed E-state index contributed by atoms with van der Waals surface area (Å²) in [4.78, 5) is 0. The molecule has 0 radical (unpaired) electrons. The molecule has 1 unspecified atom stereocenters. The fourth-order valence-electron chi connectivity index (χ4n) is 1.73. The van der Waals surface area contributed by atoms with Gasteiger partial charge in [-0.05, 0) is 25.7 Å². The summed E-state index contributed by atoms with van der Waals surface area (Å²) in [6.07, 6.45) is 1.78. The number of hydrogen-bond donors (Lipinski definition) is 0. The van der Waals surface area contributed by atoms with E-state index in [1.807, 2.05) is 0 Å². The second-order valence-corrected chi connectivity index (χ2v) is 6.51. The average molecular weight is 246 g/mol. The molecule has 0 aromatic heterocycles. The van der Waals surface area contributed by atoms with Gasteiger partial charge >= 0.3 is 0 Å². The third-order valence-electron chi connectivity index (χ3n) is 2.92.